The smallest absolute Gasteiger partial charge is 0.449 e. The van der Waals surface area contributed by atoms with Crippen molar-refractivity contribution >= 4 is 0 Å². The first-order chi connectivity index (χ1) is 40.1. The fourth-order valence-corrected chi connectivity index (χ4v) is 8.37. The lowest BCUT2D eigenvalue weighted by molar-refractivity contribution is -0.275. The molecule has 17 nitrogen and oxygen atoms in total. The number of halogens is 6. The second-order valence-corrected chi connectivity index (χ2v) is 19.4. The van der Waals surface area contributed by atoms with Gasteiger partial charge in [-0.2, -0.15) is 14.0 Å². The minimum absolute atomic E-state index is 0.0833. The van der Waals surface area contributed by atoms with E-state index in [0.717, 1.165) is 76.8 Å². The molecule has 0 aliphatic rings. The van der Waals surface area contributed by atoms with Gasteiger partial charge in [-0.25, -0.2) is 14.4 Å². The standard InChI is InChI=1S/C25H37F3N2O4.C21H29F3N2O4.C14H10N2O3/c1-2-3-4-5-6-7-8-9-10-11-12-13-14-15-20-32-23-29-30(24(31)33-23)21-16-18-22(19-17-21)34-25(26,27)28;1-2-3-4-5-6-7-8-9-10-11-16-28-19-25-26(20(27)29-19)17-12-14-18(15-13-17)30-21(22,23)24;17-14-16(11-7-3-1-4-8-11)15-13(19-14)18-12-9-5-2-6-10-12/h16-19H,2-15,20H2,1H3;12-15H,2-11,16H2,1H3;1-10H. The Balaban J connectivity index is 0.000000236. The number of benzene rings is 4. The SMILES string of the molecule is CCCCCCCCCCCCCCCCOc1nn(-c2ccc(OC(F)(F)F)cc2)c(=O)o1.CCCCCCCCCCCCOc1nn(-c2ccc(OC(F)(F)F)cc2)c(=O)o1.O=c1oc(Oc2ccccc2)nn1-c1ccccc1. The molecule has 0 atom stereocenters. The average molecular weight is 1170 g/mol. The van der Waals surface area contributed by atoms with E-state index in [4.69, 9.17) is 27.5 Å². The van der Waals surface area contributed by atoms with E-state index in [1.54, 1.807) is 24.3 Å². The summed E-state index contributed by atoms with van der Waals surface area (Å²) in [5.74, 6) is -2.36. The molecule has 0 spiro atoms. The summed E-state index contributed by atoms with van der Waals surface area (Å²) in [5.41, 5.74) is 1.11. The van der Waals surface area contributed by atoms with E-state index in [2.05, 4.69) is 38.6 Å². The summed E-state index contributed by atoms with van der Waals surface area (Å²) in [7, 11) is 0. The minimum atomic E-state index is -4.78. The molecule has 23 heteroatoms. The van der Waals surface area contributed by atoms with Gasteiger partial charge in [0.25, 0.3) is 0 Å². The molecule has 7 rings (SSSR count). The van der Waals surface area contributed by atoms with Gasteiger partial charge in [0.15, 0.2) is 0 Å². The molecule has 0 bridgehead atoms. The predicted molar refractivity (Wildman–Crippen MR) is 299 cm³/mol. The number of hydrogen-bond donors (Lipinski definition) is 0. The molecule has 0 radical (unpaired) electrons. The highest BCUT2D eigenvalue weighted by Gasteiger charge is 2.32. The Morgan fingerprint density at radius 1 is 0.361 bits per heavy atom. The Morgan fingerprint density at radius 3 is 0.988 bits per heavy atom. The van der Waals surface area contributed by atoms with Crippen molar-refractivity contribution < 1.29 is 63.3 Å². The first-order valence-electron chi connectivity index (χ1n) is 28.7. The van der Waals surface area contributed by atoms with Crippen LogP contribution in [0.15, 0.2) is 137 Å². The molecule has 0 amide bonds. The summed E-state index contributed by atoms with van der Waals surface area (Å²) < 4.78 is 115. The summed E-state index contributed by atoms with van der Waals surface area (Å²) in [6, 6.07) is 27.5. The Morgan fingerprint density at radius 2 is 0.651 bits per heavy atom. The van der Waals surface area contributed by atoms with Crippen LogP contribution in [0, 0.1) is 0 Å². The quantitative estimate of drug-likeness (QED) is 0.0269. The lowest BCUT2D eigenvalue weighted by Crippen LogP contribution is -2.17. The van der Waals surface area contributed by atoms with Crippen LogP contribution >= 0.6 is 0 Å². The van der Waals surface area contributed by atoms with Crippen molar-refractivity contribution in [2.45, 2.75) is 181 Å². The highest BCUT2D eigenvalue weighted by atomic mass is 19.4. The van der Waals surface area contributed by atoms with Gasteiger partial charge in [0, 0.05) is 0 Å². The van der Waals surface area contributed by atoms with Crippen LogP contribution in [0.5, 0.6) is 35.5 Å². The largest absolute Gasteiger partial charge is 0.573 e. The number of rotatable bonds is 35. The average Bonchev–Trinajstić information content (AvgIpc) is 4.40. The lowest BCUT2D eigenvalue weighted by atomic mass is 10.0. The van der Waals surface area contributed by atoms with Gasteiger partial charge in [-0.05, 0) is 85.6 Å². The van der Waals surface area contributed by atoms with Crippen molar-refractivity contribution in [3.63, 3.8) is 0 Å². The zero-order valence-corrected chi connectivity index (χ0v) is 47.2. The van der Waals surface area contributed by atoms with Crippen molar-refractivity contribution in [1.29, 1.82) is 0 Å². The highest BCUT2D eigenvalue weighted by Crippen LogP contribution is 2.26. The fourth-order valence-electron chi connectivity index (χ4n) is 8.37. The van der Waals surface area contributed by atoms with Gasteiger partial charge in [0.2, 0.25) is 0 Å². The van der Waals surface area contributed by atoms with Crippen molar-refractivity contribution in [2.75, 3.05) is 13.2 Å². The second kappa shape index (κ2) is 36.7. The first-order valence-corrected chi connectivity index (χ1v) is 28.7. The van der Waals surface area contributed by atoms with Crippen molar-refractivity contribution in [2.24, 2.45) is 0 Å². The topological polar surface area (TPSA) is 190 Å². The van der Waals surface area contributed by atoms with Crippen molar-refractivity contribution in [3.05, 3.63) is 141 Å². The van der Waals surface area contributed by atoms with Crippen LogP contribution in [0.4, 0.5) is 26.3 Å². The number of aromatic nitrogens is 6. The van der Waals surface area contributed by atoms with Gasteiger partial charge < -0.3 is 36.9 Å². The molecule has 0 aliphatic heterocycles. The fraction of sp³-hybridized carbons (Fsp3) is 0.500. The van der Waals surface area contributed by atoms with E-state index in [-0.39, 0.29) is 41.1 Å². The molecule has 0 fully saturated rings. The third kappa shape index (κ3) is 26.8. The molecular weight excluding hydrogens is 1090 g/mol. The van der Waals surface area contributed by atoms with E-state index >= 15 is 0 Å². The molecule has 83 heavy (non-hydrogen) atoms. The van der Waals surface area contributed by atoms with Crippen LogP contribution in [0.2, 0.25) is 0 Å². The van der Waals surface area contributed by atoms with Crippen LogP contribution in [0.1, 0.15) is 168 Å². The third-order valence-corrected chi connectivity index (χ3v) is 12.6. The number of ether oxygens (including phenoxy) is 5. The number of alkyl halides is 6. The molecule has 7 aromatic rings. The maximum atomic E-state index is 12.2. The third-order valence-electron chi connectivity index (χ3n) is 12.6. The summed E-state index contributed by atoms with van der Waals surface area (Å²) in [6.45, 7) is 5.23. The van der Waals surface area contributed by atoms with Crippen LogP contribution in [-0.4, -0.2) is 55.3 Å². The Bertz CT molecular complexity index is 2990. The summed E-state index contributed by atoms with van der Waals surface area (Å²) >= 11 is 0. The highest BCUT2D eigenvalue weighted by molar-refractivity contribution is 5.37. The van der Waals surface area contributed by atoms with Gasteiger partial charge in [-0.3, -0.25) is 0 Å². The minimum Gasteiger partial charge on any atom is -0.449 e. The zero-order chi connectivity index (χ0) is 59.6. The zero-order valence-electron chi connectivity index (χ0n) is 47.2. The van der Waals surface area contributed by atoms with E-state index in [0.29, 0.717) is 24.7 Å². The molecular formula is C60H76F6N6O11. The van der Waals surface area contributed by atoms with E-state index in [1.165, 1.54) is 140 Å². The van der Waals surface area contributed by atoms with Crippen LogP contribution in [0.3, 0.4) is 0 Å². The lowest BCUT2D eigenvalue weighted by Gasteiger charge is -2.08. The van der Waals surface area contributed by atoms with Gasteiger partial charge in [0.05, 0.1) is 30.3 Å². The molecule has 0 aliphatic carbocycles. The molecule has 3 heterocycles. The van der Waals surface area contributed by atoms with E-state index in [1.807, 2.05) is 36.4 Å². The molecule has 0 N–H and O–H groups in total. The predicted octanol–water partition coefficient (Wildman–Crippen LogP) is 16.2. The van der Waals surface area contributed by atoms with Gasteiger partial charge in [-0.15, -0.1) is 26.3 Å². The molecule has 0 saturated carbocycles. The van der Waals surface area contributed by atoms with Crippen molar-refractivity contribution in [1.82, 2.24) is 29.3 Å². The number of nitrogens with zero attached hydrogens (tertiary/aromatic N) is 6. The molecule has 3 aromatic heterocycles. The molecule has 0 saturated heterocycles. The number of hydrogen-bond acceptors (Lipinski definition) is 14. The molecule has 0 unspecified atom stereocenters. The normalized spacial score (nSPS) is 11.3. The van der Waals surface area contributed by atoms with Crippen molar-refractivity contribution in [3.8, 4) is 52.5 Å². The summed E-state index contributed by atoms with van der Waals surface area (Å²) in [5, 5.41) is 11.8. The van der Waals surface area contributed by atoms with Gasteiger partial charge in [-0.1, -0.05) is 207 Å². The number of para-hydroxylation sites is 2. The maximum Gasteiger partial charge on any atom is 0.573 e. The monoisotopic (exact) mass is 1170 g/mol. The maximum absolute atomic E-state index is 12.2. The second-order valence-electron chi connectivity index (χ2n) is 19.4. The van der Waals surface area contributed by atoms with Crippen LogP contribution < -0.4 is 41.0 Å². The molecule has 454 valence electrons. The van der Waals surface area contributed by atoms with E-state index in [9.17, 15) is 40.7 Å². The summed E-state index contributed by atoms with van der Waals surface area (Å²) in [4.78, 5) is 35.5. The van der Waals surface area contributed by atoms with Gasteiger partial charge >= 0.3 is 48.2 Å². The first kappa shape index (κ1) is 66.1. The molecule has 4 aromatic carbocycles. The summed E-state index contributed by atoms with van der Waals surface area (Å²) in [6.07, 6.45) is 19.7. The van der Waals surface area contributed by atoms with Gasteiger partial charge in [0.1, 0.15) is 17.2 Å². The Labute approximate surface area is 478 Å². The van der Waals surface area contributed by atoms with Crippen LogP contribution in [0.25, 0.3) is 17.1 Å². The Kier molecular flexibility index (Phi) is 29.2. The number of unbranched alkanes of at least 4 members (excludes halogenated alkanes) is 22. The Hall–Kier alpha value is -7.72. The van der Waals surface area contributed by atoms with Crippen LogP contribution in [-0.2, 0) is 0 Å². The van der Waals surface area contributed by atoms with E-state index < -0.39 is 30.0 Å².